The van der Waals surface area contributed by atoms with Crippen molar-refractivity contribution in [2.75, 3.05) is 25.6 Å². The quantitative estimate of drug-likeness (QED) is 0.850. The number of hydrogen-bond acceptors (Lipinski definition) is 6. The van der Waals surface area contributed by atoms with Gasteiger partial charge in [0.05, 0.1) is 13.3 Å². The fourth-order valence-electron chi connectivity index (χ4n) is 2.06. The lowest BCUT2D eigenvalue weighted by Gasteiger charge is -2.28. The van der Waals surface area contributed by atoms with Crippen LogP contribution in [0.2, 0.25) is 0 Å². The molecular formula is C12H18N2O3S. The van der Waals surface area contributed by atoms with Crippen LogP contribution in [-0.2, 0) is 9.47 Å². The van der Waals surface area contributed by atoms with Gasteiger partial charge in [-0.3, -0.25) is 0 Å². The summed E-state index contributed by atoms with van der Waals surface area (Å²) in [5.41, 5.74) is 0. The Labute approximate surface area is 111 Å². The molecule has 0 bridgehead atoms. The number of nitrogens with one attached hydrogen (secondary N) is 1. The van der Waals surface area contributed by atoms with Gasteiger partial charge in [0.2, 0.25) is 0 Å². The number of anilines is 1. The van der Waals surface area contributed by atoms with E-state index in [1.54, 1.807) is 6.20 Å². The summed E-state index contributed by atoms with van der Waals surface area (Å²) in [6.07, 6.45) is 3.70. The molecule has 1 atom stereocenters. The second kappa shape index (κ2) is 6.15. The first-order chi connectivity index (χ1) is 8.70. The average Bonchev–Trinajstić information content (AvgIpc) is 2.87. The Morgan fingerprint density at radius 3 is 3.00 bits per heavy atom. The topological polar surface area (TPSA) is 60.5 Å². The van der Waals surface area contributed by atoms with Gasteiger partial charge in [0, 0.05) is 19.3 Å². The summed E-state index contributed by atoms with van der Waals surface area (Å²) in [6, 6.07) is 0.338. The van der Waals surface area contributed by atoms with Crippen LogP contribution >= 0.6 is 11.3 Å². The van der Waals surface area contributed by atoms with E-state index in [1.807, 2.05) is 0 Å². The number of aromatic nitrogens is 1. The number of carbonyl (C=O) groups excluding carboxylic acids is 1. The minimum Gasteiger partial charge on any atom is -0.465 e. The third-order valence-corrected chi connectivity index (χ3v) is 4.13. The monoisotopic (exact) mass is 270 g/mol. The van der Waals surface area contributed by atoms with Gasteiger partial charge in [-0.2, -0.15) is 0 Å². The SMILES string of the molecule is COC(=O)c1cnc(NC(C)C2CCOCC2)s1. The molecule has 0 amide bonds. The van der Waals surface area contributed by atoms with Crippen LogP contribution in [-0.4, -0.2) is 37.3 Å². The van der Waals surface area contributed by atoms with E-state index in [9.17, 15) is 4.79 Å². The lowest BCUT2D eigenvalue weighted by molar-refractivity contribution is 0.0605. The number of methoxy groups -OCH3 is 1. The van der Waals surface area contributed by atoms with E-state index in [1.165, 1.54) is 18.4 Å². The molecule has 1 N–H and O–H groups in total. The molecule has 0 aromatic carbocycles. The minimum atomic E-state index is -0.334. The van der Waals surface area contributed by atoms with Crippen molar-refractivity contribution in [3.8, 4) is 0 Å². The normalized spacial score (nSPS) is 18.3. The average molecular weight is 270 g/mol. The van der Waals surface area contributed by atoms with Gasteiger partial charge in [-0.25, -0.2) is 9.78 Å². The number of carbonyl (C=O) groups is 1. The van der Waals surface area contributed by atoms with Crippen LogP contribution in [0.4, 0.5) is 5.13 Å². The van der Waals surface area contributed by atoms with Crippen molar-refractivity contribution >= 4 is 22.4 Å². The Morgan fingerprint density at radius 1 is 1.61 bits per heavy atom. The molecule has 0 saturated carbocycles. The Morgan fingerprint density at radius 2 is 2.33 bits per heavy atom. The standard InChI is InChI=1S/C12H18N2O3S/c1-8(9-3-5-17-6-4-9)14-12-13-7-10(18-12)11(15)16-2/h7-9H,3-6H2,1-2H3,(H,13,14). The maximum absolute atomic E-state index is 11.3. The van der Waals surface area contributed by atoms with E-state index in [4.69, 9.17) is 4.74 Å². The molecule has 1 aliphatic rings. The van der Waals surface area contributed by atoms with Crippen molar-refractivity contribution in [1.82, 2.24) is 4.98 Å². The second-order valence-corrected chi connectivity index (χ2v) is 5.43. The van der Waals surface area contributed by atoms with E-state index < -0.39 is 0 Å². The van der Waals surface area contributed by atoms with Crippen LogP contribution in [0.25, 0.3) is 0 Å². The van der Waals surface area contributed by atoms with Crippen LogP contribution in [0.15, 0.2) is 6.20 Å². The first-order valence-corrected chi connectivity index (χ1v) is 6.90. The predicted octanol–water partition coefficient (Wildman–Crippen LogP) is 2.16. The highest BCUT2D eigenvalue weighted by atomic mass is 32.1. The molecule has 5 nitrogen and oxygen atoms in total. The van der Waals surface area contributed by atoms with E-state index in [-0.39, 0.29) is 5.97 Å². The summed E-state index contributed by atoms with van der Waals surface area (Å²) in [6.45, 7) is 3.82. The maximum atomic E-state index is 11.3. The molecule has 1 aromatic heterocycles. The van der Waals surface area contributed by atoms with E-state index in [0.717, 1.165) is 31.2 Å². The molecule has 18 heavy (non-hydrogen) atoms. The fraction of sp³-hybridized carbons (Fsp3) is 0.667. The smallest absolute Gasteiger partial charge is 0.349 e. The summed E-state index contributed by atoms with van der Waals surface area (Å²) in [4.78, 5) is 16.0. The van der Waals surface area contributed by atoms with Gasteiger partial charge >= 0.3 is 5.97 Å². The van der Waals surface area contributed by atoms with Crippen molar-refractivity contribution in [1.29, 1.82) is 0 Å². The number of thiazole rings is 1. The number of ether oxygens (including phenoxy) is 2. The van der Waals surface area contributed by atoms with Crippen molar-refractivity contribution < 1.29 is 14.3 Å². The van der Waals surface area contributed by atoms with Crippen LogP contribution in [0.5, 0.6) is 0 Å². The van der Waals surface area contributed by atoms with Gasteiger partial charge < -0.3 is 14.8 Å². The molecule has 6 heteroatoms. The van der Waals surface area contributed by atoms with E-state index in [2.05, 4.69) is 22.0 Å². The lowest BCUT2D eigenvalue weighted by Crippen LogP contribution is -2.30. The number of rotatable bonds is 4. The third kappa shape index (κ3) is 3.20. The molecular weight excluding hydrogens is 252 g/mol. The molecule has 0 aliphatic carbocycles. The molecule has 100 valence electrons. The zero-order valence-electron chi connectivity index (χ0n) is 10.6. The highest BCUT2D eigenvalue weighted by molar-refractivity contribution is 7.17. The number of hydrogen-bond donors (Lipinski definition) is 1. The highest BCUT2D eigenvalue weighted by Gasteiger charge is 2.21. The molecule has 1 aromatic rings. The van der Waals surface area contributed by atoms with Crippen LogP contribution < -0.4 is 5.32 Å². The summed E-state index contributed by atoms with van der Waals surface area (Å²) in [7, 11) is 1.37. The van der Waals surface area contributed by atoms with E-state index in [0.29, 0.717) is 16.8 Å². The van der Waals surface area contributed by atoms with Gasteiger partial charge in [0.25, 0.3) is 0 Å². The Hall–Kier alpha value is -1.14. The van der Waals surface area contributed by atoms with Gasteiger partial charge in [-0.05, 0) is 25.7 Å². The molecule has 1 fully saturated rings. The summed E-state index contributed by atoms with van der Waals surface area (Å²) in [5, 5.41) is 4.13. The largest absolute Gasteiger partial charge is 0.465 e. The van der Waals surface area contributed by atoms with Crippen LogP contribution in [0, 0.1) is 5.92 Å². The number of esters is 1. The molecule has 0 radical (unpaired) electrons. The summed E-state index contributed by atoms with van der Waals surface area (Å²) >= 11 is 1.33. The maximum Gasteiger partial charge on any atom is 0.349 e. The Balaban J connectivity index is 1.92. The van der Waals surface area contributed by atoms with Crippen molar-refractivity contribution in [2.24, 2.45) is 5.92 Å². The molecule has 1 saturated heterocycles. The molecule has 2 heterocycles. The van der Waals surface area contributed by atoms with E-state index >= 15 is 0 Å². The number of nitrogens with zero attached hydrogens (tertiary/aromatic N) is 1. The lowest BCUT2D eigenvalue weighted by atomic mass is 9.93. The summed E-state index contributed by atoms with van der Waals surface area (Å²) < 4.78 is 10.0. The zero-order chi connectivity index (χ0) is 13.0. The highest BCUT2D eigenvalue weighted by Crippen LogP contribution is 2.24. The van der Waals surface area contributed by atoms with Gasteiger partial charge in [0.15, 0.2) is 5.13 Å². The third-order valence-electron chi connectivity index (χ3n) is 3.22. The predicted molar refractivity (Wildman–Crippen MR) is 70.1 cm³/mol. The van der Waals surface area contributed by atoms with Gasteiger partial charge in [-0.1, -0.05) is 11.3 Å². The zero-order valence-corrected chi connectivity index (χ0v) is 11.5. The van der Waals surface area contributed by atoms with Gasteiger partial charge in [0.1, 0.15) is 4.88 Å². The Bertz CT molecular complexity index is 402. The van der Waals surface area contributed by atoms with Crippen LogP contribution in [0.1, 0.15) is 29.4 Å². The van der Waals surface area contributed by atoms with Crippen molar-refractivity contribution in [3.05, 3.63) is 11.1 Å². The molecule has 1 unspecified atom stereocenters. The second-order valence-electron chi connectivity index (χ2n) is 4.40. The first-order valence-electron chi connectivity index (χ1n) is 6.09. The van der Waals surface area contributed by atoms with Crippen molar-refractivity contribution in [2.45, 2.75) is 25.8 Å². The van der Waals surface area contributed by atoms with Crippen LogP contribution in [0.3, 0.4) is 0 Å². The molecule has 1 aliphatic heterocycles. The van der Waals surface area contributed by atoms with Crippen molar-refractivity contribution in [3.63, 3.8) is 0 Å². The molecule has 0 spiro atoms. The Kier molecular flexibility index (Phi) is 4.54. The van der Waals surface area contributed by atoms with Gasteiger partial charge in [-0.15, -0.1) is 0 Å². The minimum absolute atomic E-state index is 0.334. The summed E-state index contributed by atoms with van der Waals surface area (Å²) in [5.74, 6) is 0.267. The fourth-order valence-corrected chi connectivity index (χ4v) is 2.89. The molecule has 2 rings (SSSR count). The first kappa shape index (κ1) is 13.3.